The molecule has 0 aromatic heterocycles. The lowest BCUT2D eigenvalue weighted by Crippen LogP contribution is -3.00. The molecule has 0 unspecified atom stereocenters. The SMILES string of the molecule is CC[C@H]1CN2CCc3cc(OC)c(OC)cc3[C@@H]2C[C@@H]1C[C@H]1NCCc2cc(OC)c(OC)cc21.[Cl-]. The van der Waals surface area contributed by atoms with Crippen molar-refractivity contribution in [3.63, 3.8) is 0 Å². The van der Waals surface area contributed by atoms with Gasteiger partial charge in [-0.2, -0.15) is 0 Å². The molecule has 3 heterocycles. The fraction of sp³-hybridized carbons (Fsp3) is 0.586. The van der Waals surface area contributed by atoms with Crippen LogP contribution < -0.4 is 36.7 Å². The van der Waals surface area contributed by atoms with Crippen LogP contribution in [0.3, 0.4) is 0 Å². The summed E-state index contributed by atoms with van der Waals surface area (Å²) in [6.45, 7) is 5.66. The van der Waals surface area contributed by atoms with Crippen molar-refractivity contribution in [2.75, 3.05) is 48.1 Å². The average Bonchev–Trinajstić information content (AvgIpc) is 2.91. The van der Waals surface area contributed by atoms with E-state index in [4.69, 9.17) is 18.9 Å². The number of benzene rings is 2. The highest BCUT2D eigenvalue weighted by molar-refractivity contribution is 5.50. The van der Waals surface area contributed by atoms with Gasteiger partial charge in [0.1, 0.15) is 0 Å². The molecule has 3 aliphatic rings. The van der Waals surface area contributed by atoms with Crippen molar-refractivity contribution in [1.29, 1.82) is 0 Å². The molecule has 4 atom stereocenters. The topological polar surface area (TPSA) is 52.2 Å². The summed E-state index contributed by atoms with van der Waals surface area (Å²) in [4.78, 5) is 2.72. The van der Waals surface area contributed by atoms with Crippen molar-refractivity contribution in [1.82, 2.24) is 10.2 Å². The van der Waals surface area contributed by atoms with Gasteiger partial charge in [0.25, 0.3) is 0 Å². The van der Waals surface area contributed by atoms with Gasteiger partial charge in [-0.15, -0.1) is 0 Å². The number of piperidine rings is 1. The number of nitrogens with zero attached hydrogens (tertiary/aromatic N) is 1. The number of hydrogen-bond acceptors (Lipinski definition) is 6. The number of nitrogens with one attached hydrogen (secondary N) is 1. The first-order valence-corrected chi connectivity index (χ1v) is 13.1. The van der Waals surface area contributed by atoms with E-state index in [9.17, 15) is 0 Å². The molecule has 7 heteroatoms. The Morgan fingerprint density at radius 1 is 0.806 bits per heavy atom. The van der Waals surface area contributed by atoms with Gasteiger partial charge in [-0.3, -0.25) is 4.90 Å². The molecule has 198 valence electrons. The van der Waals surface area contributed by atoms with E-state index in [1.54, 1.807) is 28.4 Å². The first kappa shape index (κ1) is 26.9. The number of rotatable bonds is 7. The summed E-state index contributed by atoms with van der Waals surface area (Å²) in [5.41, 5.74) is 5.60. The van der Waals surface area contributed by atoms with Gasteiger partial charge in [0, 0.05) is 25.2 Å². The number of hydrogen-bond donors (Lipinski definition) is 1. The minimum absolute atomic E-state index is 0. The maximum atomic E-state index is 5.68. The normalized spacial score (nSPS) is 25.0. The van der Waals surface area contributed by atoms with Crippen LogP contribution in [-0.4, -0.2) is 53.0 Å². The van der Waals surface area contributed by atoms with Gasteiger partial charge in [0.15, 0.2) is 23.0 Å². The van der Waals surface area contributed by atoms with E-state index in [1.165, 1.54) is 41.6 Å². The highest BCUT2D eigenvalue weighted by atomic mass is 35.5. The maximum Gasteiger partial charge on any atom is 0.161 e. The molecule has 0 amide bonds. The Balaban J connectivity index is 0.00000304. The zero-order chi connectivity index (χ0) is 24.5. The monoisotopic (exact) mass is 515 g/mol. The summed E-state index contributed by atoms with van der Waals surface area (Å²) in [6.07, 6.45) is 5.65. The van der Waals surface area contributed by atoms with Gasteiger partial charge < -0.3 is 36.7 Å². The smallest absolute Gasteiger partial charge is 0.161 e. The van der Waals surface area contributed by atoms with Crippen molar-refractivity contribution >= 4 is 0 Å². The Morgan fingerprint density at radius 2 is 1.39 bits per heavy atom. The van der Waals surface area contributed by atoms with Gasteiger partial charge in [0.05, 0.1) is 28.4 Å². The van der Waals surface area contributed by atoms with E-state index in [0.29, 0.717) is 23.9 Å². The Morgan fingerprint density at radius 3 is 2.00 bits per heavy atom. The van der Waals surface area contributed by atoms with E-state index in [-0.39, 0.29) is 12.4 Å². The maximum absolute atomic E-state index is 5.68. The molecule has 0 radical (unpaired) electrons. The standard InChI is InChI=1S/C29H40N2O4.ClH/c1-6-18-17-31-10-8-20-14-27(33-3)29(35-5)16-23(20)25(31)12-21(18)11-24-22-15-28(34-4)26(32-2)13-19(22)7-9-30-24;/h13-16,18,21,24-25,30H,6-12,17H2,1-5H3;1H/p-1/t18-,21-,24+,25-;/m0./s1. The summed E-state index contributed by atoms with van der Waals surface area (Å²) >= 11 is 0. The second kappa shape index (κ2) is 11.5. The fourth-order valence-electron chi connectivity index (χ4n) is 6.74. The molecular formula is C29H40ClN2O4-. The fourth-order valence-corrected chi connectivity index (χ4v) is 6.74. The zero-order valence-electron chi connectivity index (χ0n) is 22.2. The van der Waals surface area contributed by atoms with Crippen molar-refractivity contribution in [2.45, 2.75) is 51.1 Å². The van der Waals surface area contributed by atoms with Gasteiger partial charge in [0.2, 0.25) is 0 Å². The summed E-state index contributed by atoms with van der Waals surface area (Å²) < 4.78 is 22.5. The van der Waals surface area contributed by atoms with Crippen molar-refractivity contribution in [3.05, 3.63) is 46.5 Å². The second-order valence-electron chi connectivity index (χ2n) is 10.2. The molecule has 0 aliphatic carbocycles. The quantitative estimate of drug-likeness (QED) is 0.608. The van der Waals surface area contributed by atoms with Crippen molar-refractivity contribution < 1.29 is 31.4 Å². The molecule has 2 aromatic carbocycles. The van der Waals surface area contributed by atoms with Crippen LogP contribution in [0.25, 0.3) is 0 Å². The average molecular weight is 516 g/mol. The van der Waals surface area contributed by atoms with Crippen LogP contribution in [0.15, 0.2) is 24.3 Å². The first-order chi connectivity index (χ1) is 17.1. The van der Waals surface area contributed by atoms with E-state index in [0.717, 1.165) is 55.4 Å². The zero-order valence-corrected chi connectivity index (χ0v) is 23.0. The highest BCUT2D eigenvalue weighted by Crippen LogP contribution is 2.48. The number of methoxy groups -OCH3 is 4. The number of halogens is 1. The molecule has 36 heavy (non-hydrogen) atoms. The third kappa shape index (κ3) is 4.88. The Labute approximate surface area is 222 Å². The molecule has 1 saturated heterocycles. The Hall–Kier alpha value is -2.15. The lowest BCUT2D eigenvalue weighted by molar-refractivity contribution is -0.00000853. The second-order valence-corrected chi connectivity index (χ2v) is 10.2. The number of ether oxygens (including phenoxy) is 4. The molecular weight excluding hydrogens is 476 g/mol. The van der Waals surface area contributed by atoms with Gasteiger partial charge >= 0.3 is 0 Å². The van der Waals surface area contributed by atoms with Crippen molar-refractivity contribution in [3.8, 4) is 23.0 Å². The molecule has 0 spiro atoms. The lowest BCUT2D eigenvalue weighted by Gasteiger charge is -2.48. The van der Waals surface area contributed by atoms with Gasteiger partial charge in [-0.1, -0.05) is 13.3 Å². The van der Waals surface area contributed by atoms with E-state index in [1.807, 2.05) is 0 Å². The van der Waals surface area contributed by atoms with E-state index in [2.05, 4.69) is 41.4 Å². The van der Waals surface area contributed by atoms with Crippen LogP contribution in [0, 0.1) is 11.8 Å². The Kier molecular flexibility index (Phi) is 8.59. The third-order valence-corrected chi connectivity index (χ3v) is 8.64. The van der Waals surface area contributed by atoms with Crippen LogP contribution in [-0.2, 0) is 12.8 Å². The summed E-state index contributed by atoms with van der Waals surface area (Å²) in [6, 6.07) is 9.61. The minimum atomic E-state index is 0. The molecule has 0 bridgehead atoms. The molecule has 1 N–H and O–H groups in total. The molecule has 2 aromatic rings. The van der Waals surface area contributed by atoms with Crippen molar-refractivity contribution in [2.24, 2.45) is 11.8 Å². The van der Waals surface area contributed by atoms with Crippen LogP contribution in [0.4, 0.5) is 0 Å². The van der Waals surface area contributed by atoms with Crippen LogP contribution in [0.5, 0.6) is 23.0 Å². The molecule has 6 nitrogen and oxygen atoms in total. The van der Waals surface area contributed by atoms with Crippen LogP contribution >= 0.6 is 0 Å². The molecule has 5 rings (SSSR count). The molecule has 0 saturated carbocycles. The van der Waals surface area contributed by atoms with Gasteiger partial charge in [-0.05, 0) is 90.6 Å². The minimum Gasteiger partial charge on any atom is -1.00 e. The lowest BCUT2D eigenvalue weighted by atomic mass is 9.72. The first-order valence-electron chi connectivity index (χ1n) is 13.1. The molecule has 3 aliphatic heterocycles. The van der Waals surface area contributed by atoms with E-state index < -0.39 is 0 Å². The van der Waals surface area contributed by atoms with E-state index >= 15 is 0 Å². The summed E-state index contributed by atoms with van der Waals surface area (Å²) in [7, 11) is 6.90. The summed E-state index contributed by atoms with van der Waals surface area (Å²) in [5.74, 6) is 4.69. The number of fused-ring (bicyclic) bond motifs is 4. The Bertz CT molecular complexity index is 1060. The summed E-state index contributed by atoms with van der Waals surface area (Å²) in [5, 5.41) is 3.83. The van der Waals surface area contributed by atoms with Crippen LogP contribution in [0.2, 0.25) is 0 Å². The highest BCUT2D eigenvalue weighted by Gasteiger charge is 2.40. The molecule has 1 fully saturated rings. The predicted octanol–water partition coefficient (Wildman–Crippen LogP) is 1.95. The van der Waals surface area contributed by atoms with Crippen LogP contribution in [0.1, 0.15) is 60.5 Å². The predicted molar refractivity (Wildman–Crippen MR) is 138 cm³/mol. The largest absolute Gasteiger partial charge is 1.00 e. The third-order valence-electron chi connectivity index (χ3n) is 8.64. The van der Waals surface area contributed by atoms with Gasteiger partial charge in [-0.25, -0.2) is 0 Å².